The molecule has 0 amide bonds. The maximum atomic E-state index is 11.8. The van der Waals surface area contributed by atoms with Gasteiger partial charge in [0.15, 0.2) is 0 Å². The predicted octanol–water partition coefficient (Wildman–Crippen LogP) is 2.11. The van der Waals surface area contributed by atoms with Crippen molar-refractivity contribution in [3.05, 3.63) is 41.5 Å². The lowest BCUT2D eigenvalue weighted by molar-refractivity contribution is -0.136. The van der Waals surface area contributed by atoms with E-state index in [2.05, 4.69) is 4.74 Å². The van der Waals surface area contributed by atoms with Crippen molar-refractivity contribution in [3.8, 4) is 0 Å². The normalized spacial score (nSPS) is 11.3. The van der Waals surface area contributed by atoms with Gasteiger partial charge in [0.05, 0.1) is 12.7 Å². The predicted molar refractivity (Wildman–Crippen MR) is 72.4 cm³/mol. The number of carbonyl (C=O) groups excluding carboxylic acids is 3. The number of benzene rings is 1. The van der Waals surface area contributed by atoms with E-state index < -0.39 is 11.9 Å². The van der Waals surface area contributed by atoms with Crippen LogP contribution in [0.1, 0.15) is 25.3 Å². The molecule has 0 spiro atoms. The summed E-state index contributed by atoms with van der Waals surface area (Å²) >= 11 is 0. The number of hydrogen-bond donors (Lipinski definition) is 0. The highest BCUT2D eigenvalue weighted by Crippen LogP contribution is 2.24. The Bertz CT molecular complexity index is 516. The van der Waals surface area contributed by atoms with Gasteiger partial charge in [-0.3, -0.25) is 4.79 Å². The Morgan fingerprint density at radius 2 is 1.85 bits per heavy atom. The highest BCUT2D eigenvalue weighted by atomic mass is 16.5. The van der Waals surface area contributed by atoms with E-state index in [-0.39, 0.29) is 24.2 Å². The minimum atomic E-state index is -0.619. The van der Waals surface area contributed by atoms with Gasteiger partial charge in [-0.05, 0) is 6.42 Å². The molecule has 0 bridgehead atoms. The molecule has 0 unspecified atom stereocenters. The SMILES string of the molecule is COC(=O)/C(CCC=O)=C(\OC(C)=O)c1ccccc1. The molecule has 1 aromatic carbocycles. The average molecular weight is 276 g/mol. The van der Waals surface area contributed by atoms with E-state index >= 15 is 0 Å². The number of aldehydes is 1. The van der Waals surface area contributed by atoms with Crippen LogP contribution >= 0.6 is 0 Å². The molecule has 0 radical (unpaired) electrons. The van der Waals surface area contributed by atoms with Gasteiger partial charge in [0.2, 0.25) is 0 Å². The van der Waals surface area contributed by atoms with Crippen LogP contribution in [0.4, 0.5) is 0 Å². The second-order valence-electron chi connectivity index (χ2n) is 3.96. The van der Waals surface area contributed by atoms with Crippen LogP contribution in [0.5, 0.6) is 0 Å². The summed E-state index contributed by atoms with van der Waals surface area (Å²) in [5.74, 6) is -1.03. The Morgan fingerprint density at radius 1 is 1.20 bits per heavy atom. The lowest BCUT2D eigenvalue weighted by Crippen LogP contribution is -2.11. The third-order valence-corrected chi connectivity index (χ3v) is 2.50. The monoisotopic (exact) mass is 276 g/mol. The molecular weight excluding hydrogens is 260 g/mol. The van der Waals surface area contributed by atoms with E-state index in [0.29, 0.717) is 11.8 Å². The van der Waals surface area contributed by atoms with Gasteiger partial charge in [0, 0.05) is 18.9 Å². The molecule has 20 heavy (non-hydrogen) atoms. The molecule has 0 aliphatic carbocycles. The van der Waals surface area contributed by atoms with Gasteiger partial charge in [0.1, 0.15) is 12.0 Å². The lowest BCUT2D eigenvalue weighted by Gasteiger charge is -2.13. The molecule has 106 valence electrons. The Labute approximate surface area is 117 Å². The number of ether oxygens (including phenoxy) is 2. The summed E-state index contributed by atoms with van der Waals surface area (Å²) in [4.78, 5) is 33.6. The fourth-order valence-corrected chi connectivity index (χ4v) is 1.66. The van der Waals surface area contributed by atoms with Crippen molar-refractivity contribution >= 4 is 24.0 Å². The summed E-state index contributed by atoms with van der Waals surface area (Å²) in [7, 11) is 1.24. The first-order valence-corrected chi connectivity index (χ1v) is 6.09. The highest BCUT2D eigenvalue weighted by Gasteiger charge is 2.20. The van der Waals surface area contributed by atoms with Crippen molar-refractivity contribution in [1.82, 2.24) is 0 Å². The Kier molecular flexibility index (Phi) is 6.16. The first-order chi connectivity index (χ1) is 9.60. The van der Waals surface area contributed by atoms with Crippen LogP contribution in [0.25, 0.3) is 5.76 Å². The summed E-state index contributed by atoms with van der Waals surface area (Å²) in [6, 6.07) is 8.74. The van der Waals surface area contributed by atoms with Crippen molar-refractivity contribution < 1.29 is 23.9 Å². The molecule has 0 heterocycles. The Balaban J connectivity index is 3.32. The second-order valence-corrected chi connectivity index (χ2v) is 3.96. The van der Waals surface area contributed by atoms with Crippen LogP contribution in [0.3, 0.4) is 0 Å². The fraction of sp³-hybridized carbons (Fsp3) is 0.267. The zero-order chi connectivity index (χ0) is 15.0. The molecule has 1 rings (SSSR count). The summed E-state index contributed by atoms with van der Waals surface area (Å²) < 4.78 is 9.83. The molecule has 0 atom stereocenters. The molecule has 0 aliphatic heterocycles. The minimum absolute atomic E-state index is 0.131. The summed E-state index contributed by atoms with van der Waals surface area (Å²) in [6.07, 6.45) is 0.981. The molecule has 0 aliphatic rings. The molecule has 0 N–H and O–H groups in total. The second kappa shape index (κ2) is 7.89. The summed E-state index contributed by atoms with van der Waals surface area (Å²) in [5, 5.41) is 0. The number of hydrogen-bond acceptors (Lipinski definition) is 5. The topological polar surface area (TPSA) is 69.7 Å². The van der Waals surface area contributed by atoms with Crippen molar-refractivity contribution in [1.29, 1.82) is 0 Å². The van der Waals surface area contributed by atoms with Crippen molar-refractivity contribution in [2.24, 2.45) is 0 Å². The van der Waals surface area contributed by atoms with Crippen LogP contribution < -0.4 is 0 Å². The van der Waals surface area contributed by atoms with Crippen molar-refractivity contribution in [3.63, 3.8) is 0 Å². The van der Waals surface area contributed by atoms with E-state index in [9.17, 15) is 14.4 Å². The molecule has 0 saturated heterocycles. The Hall–Kier alpha value is -2.43. The minimum Gasteiger partial charge on any atom is -0.466 e. The fourth-order valence-electron chi connectivity index (χ4n) is 1.66. The van der Waals surface area contributed by atoms with Crippen molar-refractivity contribution in [2.75, 3.05) is 7.11 Å². The largest absolute Gasteiger partial charge is 0.466 e. The van der Waals surface area contributed by atoms with Crippen LogP contribution in [-0.2, 0) is 23.9 Å². The van der Waals surface area contributed by atoms with Gasteiger partial charge in [0.25, 0.3) is 0 Å². The van der Waals surface area contributed by atoms with Gasteiger partial charge >= 0.3 is 11.9 Å². The average Bonchev–Trinajstić information content (AvgIpc) is 2.46. The maximum Gasteiger partial charge on any atom is 0.337 e. The summed E-state index contributed by atoms with van der Waals surface area (Å²) in [5.41, 5.74) is 0.745. The van der Waals surface area contributed by atoms with E-state index in [1.54, 1.807) is 30.3 Å². The maximum absolute atomic E-state index is 11.8. The molecule has 0 saturated carbocycles. The zero-order valence-electron chi connectivity index (χ0n) is 11.4. The molecule has 0 fully saturated rings. The Morgan fingerprint density at radius 3 is 2.35 bits per heavy atom. The van der Waals surface area contributed by atoms with E-state index in [0.717, 1.165) is 0 Å². The smallest absolute Gasteiger partial charge is 0.337 e. The zero-order valence-corrected chi connectivity index (χ0v) is 11.4. The highest BCUT2D eigenvalue weighted by molar-refractivity contribution is 5.97. The molecule has 5 heteroatoms. The number of rotatable bonds is 6. The first kappa shape index (κ1) is 15.6. The van der Waals surface area contributed by atoms with Crippen LogP contribution in [-0.4, -0.2) is 25.3 Å². The van der Waals surface area contributed by atoms with Crippen LogP contribution in [0, 0.1) is 0 Å². The lowest BCUT2D eigenvalue weighted by atomic mass is 10.0. The summed E-state index contributed by atoms with van der Waals surface area (Å²) in [6.45, 7) is 1.25. The quantitative estimate of drug-likeness (QED) is 0.344. The van der Waals surface area contributed by atoms with Gasteiger partial charge in [-0.2, -0.15) is 0 Å². The van der Waals surface area contributed by atoms with Crippen LogP contribution in [0.2, 0.25) is 0 Å². The van der Waals surface area contributed by atoms with E-state index in [4.69, 9.17) is 4.74 Å². The molecule has 1 aromatic rings. The van der Waals surface area contributed by atoms with Gasteiger partial charge in [-0.15, -0.1) is 0 Å². The van der Waals surface area contributed by atoms with E-state index in [1.807, 2.05) is 0 Å². The number of methoxy groups -OCH3 is 1. The van der Waals surface area contributed by atoms with E-state index in [1.165, 1.54) is 14.0 Å². The molecule has 0 aromatic heterocycles. The molecule has 5 nitrogen and oxygen atoms in total. The third kappa shape index (κ3) is 4.35. The third-order valence-electron chi connectivity index (χ3n) is 2.50. The standard InChI is InChI=1S/C15H16O5/c1-11(17)20-14(12-7-4-3-5-8-12)13(9-6-10-16)15(18)19-2/h3-5,7-8,10H,6,9H2,1-2H3/b14-13-. The van der Waals surface area contributed by atoms with Crippen molar-refractivity contribution in [2.45, 2.75) is 19.8 Å². The van der Waals surface area contributed by atoms with Gasteiger partial charge in [-0.25, -0.2) is 4.79 Å². The van der Waals surface area contributed by atoms with Gasteiger partial charge < -0.3 is 14.3 Å². The van der Waals surface area contributed by atoms with Crippen LogP contribution in [0.15, 0.2) is 35.9 Å². The molecular formula is C15H16O5. The van der Waals surface area contributed by atoms with Gasteiger partial charge in [-0.1, -0.05) is 30.3 Å². The first-order valence-electron chi connectivity index (χ1n) is 6.09. The number of esters is 2. The number of carbonyl (C=O) groups is 3.